The van der Waals surface area contributed by atoms with Crippen LogP contribution in [0.5, 0.6) is 0 Å². The van der Waals surface area contributed by atoms with Crippen LogP contribution in [0.4, 0.5) is 0 Å². The number of thiophene rings is 1. The van der Waals surface area contributed by atoms with Gasteiger partial charge in [0.05, 0.1) is 5.69 Å². The van der Waals surface area contributed by atoms with E-state index in [1.807, 2.05) is 24.3 Å². The van der Waals surface area contributed by atoms with Gasteiger partial charge >= 0.3 is 0 Å². The fourth-order valence-corrected chi connectivity index (χ4v) is 5.92. The van der Waals surface area contributed by atoms with Gasteiger partial charge in [0.25, 0.3) is 0 Å². The Morgan fingerprint density at radius 2 is 1.61 bits per heavy atom. The third-order valence-electron chi connectivity index (χ3n) is 6.74. The van der Waals surface area contributed by atoms with Crippen molar-refractivity contribution in [3.05, 3.63) is 99.0 Å². The molecule has 2 heterocycles. The van der Waals surface area contributed by atoms with Crippen LogP contribution in [0, 0.1) is 20.8 Å². The molecule has 0 saturated carbocycles. The number of aryl methyl sites for hydroxylation is 2. The van der Waals surface area contributed by atoms with Crippen LogP contribution in [0.1, 0.15) is 51.0 Å². The summed E-state index contributed by atoms with van der Waals surface area (Å²) < 4.78 is 2.15. The zero-order chi connectivity index (χ0) is 23.1. The van der Waals surface area contributed by atoms with Gasteiger partial charge < -0.3 is 4.57 Å². The summed E-state index contributed by atoms with van der Waals surface area (Å²) in [6.45, 7) is 6.34. The van der Waals surface area contributed by atoms with Crippen LogP contribution in [-0.4, -0.2) is 15.3 Å². The molecule has 0 fully saturated rings. The summed E-state index contributed by atoms with van der Waals surface area (Å²) in [6, 6.07) is 22.9. The lowest BCUT2D eigenvalue weighted by molar-refractivity contribution is -0.114. The maximum atomic E-state index is 13.7. The molecule has 1 unspecified atom stereocenters. The van der Waals surface area contributed by atoms with Crippen LogP contribution in [0.25, 0.3) is 22.5 Å². The first-order valence-corrected chi connectivity index (χ1v) is 12.2. The number of nitrogens with zero attached hydrogens (tertiary/aromatic N) is 2. The van der Waals surface area contributed by atoms with E-state index in [1.54, 1.807) is 11.3 Å². The minimum atomic E-state index is 0.166. The second-order valence-corrected chi connectivity index (χ2v) is 10.4. The van der Waals surface area contributed by atoms with Gasteiger partial charge in [-0.25, -0.2) is 4.98 Å². The van der Waals surface area contributed by atoms with Crippen molar-refractivity contribution in [2.45, 2.75) is 39.5 Å². The minimum absolute atomic E-state index is 0.166. The average molecular weight is 453 g/mol. The number of imidazole rings is 1. The molecule has 0 N–H and O–H groups in total. The molecule has 1 aliphatic carbocycles. The van der Waals surface area contributed by atoms with Gasteiger partial charge in [0.15, 0.2) is 5.78 Å². The Morgan fingerprint density at radius 3 is 2.24 bits per heavy atom. The molecule has 0 amide bonds. The molecule has 4 aromatic rings. The highest BCUT2D eigenvalue weighted by Crippen LogP contribution is 2.45. The number of hydrogen-bond acceptors (Lipinski definition) is 3. The van der Waals surface area contributed by atoms with Crippen molar-refractivity contribution < 1.29 is 4.79 Å². The Balaban J connectivity index is 1.72. The molecule has 1 aliphatic rings. The normalized spacial score (nSPS) is 16.5. The van der Waals surface area contributed by atoms with E-state index < -0.39 is 0 Å². The summed E-state index contributed by atoms with van der Waals surface area (Å²) >= 11 is 1.76. The van der Waals surface area contributed by atoms with Crippen LogP contribution in [0.3, 0.4) is 0 Å². The monoisotopic (exact) mass is 452 g/mol. The Hall–Kier alpha value is -3.24. The fraction of sp³-hybridized carbons (Fsp3) is 0.241. The van der Waals surface area contributed by atoms with Crippen molar-refractivity contribution in [2.24, 2.45) is 7.05 Å². The standard InChI is InChI=1S/C29H28N2OS/c1-18-15-24(20(3)33-18)27-25(16-23(17-26(27)32)21-11-7-5-8-12-21)28-19(2)31(4)29(30-28)22-13-9-6-10-14-22/h5-15,23H,16-17H2,1-4H3. The number of benzene rings is 2. The maximum absolute atomic E-state index is 13.7. The smallest absolute Gasteiger partial charge is 0.164 e. The maximum Gasteiger partial charge on any atom is 0.164 e. The molecule has 0 aliphatic heterocycles. The molecule has 2 aromatic carbocycles. The van der Waals surface area contributed by atoms with Crippen LogP contribution in [0.2, 0.25) is 0 Å². The number of carbonyl (C=O) groups excluding carboxylic acids is 1. The summed E-state index contributed by atoms with van der Waals surface area (Å²) in [5, 5.41) is 0. The van der Waals surface area contributed by atoms with Gasteiger partial charge in [-0.15, -0.1) is 11.3 Å². The number of hydrogen-bond donors (Lipinski definition) is 0. The number of ketones is 1. The number of aromatic nitrogens is 2. The SMILES string of the molecule is Cc1cc(C2=C(c3nc(-c4ccccc4)n(C)c3C)CC(c3ccccc3)CC2=O)c(C)s1. The van der Waals surface area contributed by atoms with Gasteiger partial charge in [-0.2, -0.15) is 0 Å². The first-order chi connectivity index (χ1) is 15.9. The van der Waals surface area contributed by atoms with E-state index >= 15 is 0 Å². The minimum Gasteiger partial charge on any atom is -0.331 e. The van der Waals surface area contributed by atoms with Gasteiger partial charge in [0.1, 0.15) is 5.82 Å². The van der Waals surface area contributed by atoms with E-state index in [4.69, 9.17) is 4.98 Å². The molecule has 2 aromatic heterocycles. The lowest BCUT2D eigenvalue weighted by Gasteiger charge is -2.27. The van der Waals surface area contributed by atoms with E-state index in [9.17, 15) is 4.79 Å². The Morgan fingerprint density at radius 1 is 0.939 bits per heavy atom. The van der Waals surface area contributed by atoms with Crippen LogP contribution >= 0.6 is 11.3 Å². The van der Waals surface area contributed by atoms with Crippen LogP contribution in [0.15, 0.2) is 66.7 Å². The molecular formula is C29H28N2OS. The number of rotatable bonds is 4. The summed E-state index contributed by atoms with van der Waals surface area (Å²) in [4.78, 5) is 21.3. The second kappa shape index (κ2) is 8.60. The predicted octanol–water partition coefficient (Wildman–Crippen LogP) is 7.13. The van der Waals surface area contributed by atoms with Gasteiger partial charge in [-0.05, 0) is 55.9 Å². The summed E-state index contributed by atoms with van der Waals surface area (Å²) in [7, 11) is 2.06. The van der Waals surface area contributed by atoms with E-state index in [0.717, 1.165) is 45.9 Å². The van der Waals surface area contributed by atoms with E-state index in [0.29, 0.717) is 6.42 Å². The van der Waals surface area contributed by atoms with Crippen LogP contribution in [-0.2, 0) is 11.8 Å². The number of carbonyl (C=O) groups is 1. The summed E-state index contributed by atoms with van der Waals surface area (Å²) in [6.07, 6.45) is 1.35. The highest BCUT2D eigenvalue weighted by molar-refractivity contribution is 7.12. The summed E-state index contributed by atoms with van der Waals surface area (Å²) in [5.74, 6) is 1.32. The zero-order valence-electron chi connectivity index (χ0n) is 19.6. The van der Waals surface area contributed by atoms with Crippen molar-refractivity contribution in [1.29, 1.82) is 0 Å². The Bertz CT molecular complexity index is 1360. The zero-order valence-corrected chi connectivity index (χ0v) is 20.4. The van der Waals surface area contributed by atoms with Crippen molar-refractivity contribution in [3.8, 4) is 11.4 Å². The quantitative estimate of drug-likeness (QED) is 0.330. The molecule has 0 spiro atoms. The molecule has 166 valence electrons. The van der Waals surface area contributed by atoms with E-state index in [-0.39, 0.29) is 11.7 Å². The average Bonchev–Trinajstić information content (AvgIpc) is 3.31. The largest absolute Gasteiger partial charge is 0.331 e. The first-order valence-electron chi connectivity index (χ1n) is 11.4. The van der Waals surface area contributed by atoms with Gasteiger partial charge in [0, 0.05) is 40.1 Å². The lowest BCUT2D eigenvalue weighted by Crippen LogP contribution is -2.18. The number of Topliss-reactive ketones (excluding diaryl/α,β-unsaturated/α-hetero) is 1. The summed E-state index contributed by atoms with van der Waals surface area (Å²) in [5.41, 5.74) is 7.37. The molecule has 0 radical (unpaired) electrons. The van der Waals surface area contributed by atoms with Crippen molar-refractivity contribution in [3.63, 3.8) is 0 Å². The first kappa shape index (κ1) is 21.6. The molecule has 5 rings (SSSR count). The number of allylic oxidation sites excluding steroid dienone is 2. The molecular weight excluding hydrogens is 424 g/mol. The fourth-order valence-electron chi connectivity index (χ4n) is 4.99. The van der Waals surface area contributed by atoms with E-state index in [2.05, 4.69) is 74.9 Å². The molecule has 0 bridgehead atoms. The topological polar surface area (TPSA) is 34.9 Å². The van der Waals surface area contributed by atoms with Crippen molar-refractivity contribution in [2.75, 3.05) is 0 Å². The lowest BCUT2D eigenvalue weighted by atomic mass is 9.76. The van der Waals surface area contributed by atoms with Gasteiger partial charge in [0.2, 0.25) is 0 Å². The van der Waals surface area contributed by atoms with Gasteiger partial charge in [-0.3, -0.25) is 4.79 Å². The third-order valence-corrected chi connectivity index (χ3v) is 7.71. The highest BCUT2D eigenvalue weighted by Gasteiger charge is 2.33. The highest BCUT2D eigenvalue weighted by atomic mass is 32.1. The molecule has 0 saturated heterocycles. The van der Waals surface area contributed by atoms with Crippen molar-refractivity contribution >= 4 is 28.3 Å². The van der Waals surface area contributed by atoms with Gasteiger partial charge in [-0.1, -0.05) is 60.7 Å². The van der Waals surface area contributed by atoms with E-state index in [1.165, 1.54) is 15.3 Å². The predicted molar refractivity (Wildman–Crippen MR) is 137 cm³/mol. The Labute approximate surface area is 199 Å². The Kier molecular flexibility index (Phi) is 5.63. The molecule has 33 heavy (non-hydrogen) atoms. The third kappa shape index (κ3) is 3.89. The molecule has 1 atom stereocenters. The second-order valence-electron chi connectivity index (χ2n) is 8.91. The van der Waals surface area contributed by atoms with Crippen LogP contribution < -0.4 is 0 Å². The molecule has 3 nitrogen and oxygen atoms in total. The van der Waals surface area contributed by atoms with Crippen molar-refractivity contribution in [1.82, 2.24) is 9.55 Å². The molecule has 4 heteroatoms.